The molecule has 0 saturated carbocycles. The Hall–Kier alpha value is -13.6. The predicted molar refractivity (Wildman–Crippen MR) is 460 cm³/mol. The molecule has 21 rings (SSSR count). The van der Waals surface area contributed by atoms with Crippen LogP contribution in [-0.4, -0.2) is 253 Å². The number of aryl methyl sites for hydroxylation is 5. The molecule has 0 amide bonds. The van der Waals surface area contributed by atoms with Gasteiger partial charge >= 0.3 is 0 Å². The highest BCUT2D eigenvalue weighted by molar-refractivity contribution is 5.94. The second kappa shape index (κ2) is 36.3. The molecule has 35 nitrogen and oxygen atoms in total. The number of rotatable bonds is 14. The van der Waals surface area contributed by atoms with E-state index in [0.29, 0.717) is 39.6 Å². The van der Waals surface area contributed by atoms with Crippen LogP contribution in [0.25, 0.3) is 95.4 Å². The van der Waals surface area contributed by atoms with Crippen molar-refractivity contribution in [3.63, 3.8) is 0 Å². The Morgan fingerprint density at radius 1 is 0.388 bits per heavy atom. The summed E-state index contributed by atoms with van der Waals surface area (Å²) < 4.78 is 47.9. The number of hydrogen-bond acceptors (Lipinski definition) is 29. The molecule has 0 radical (unpaired) electrons. The fourth-order valence-electron chi connectivity index (χ4n) is 14.9. The van der Waals surface area contributed by atoms with Gasteiger partial charge in [-0.15, -0.1) is 0 Å². The molecular formula is C86H95N27O8. The van der Waals surface area contributed by atoms with E-state index in [1.54, 1.807) is 43.3 Å². The molecule has 5 fully saturated rings. The molecule has 16 aromatic rings. The number of anilines is 6. The van der Waals surface area contributed by atoms with E-state index in [1.807, 2.05) is 145 Å². The van der Waals surface area contributed by atoms with Crippen LogP contribution in [0, 0.1) is 20.8 Å². The minimum atomic E-state index is 0.218. The van der Waals surface area contributed by atoms with Crippen molar-refractivity contribution in [2.75, 3.05) is 176 Å². The van der Waals surface area contributed by atoms with Crippen LogP contribution < -0.4 is 39.7 Å². The number of benzene rings is 4. The number of phenolic OH excluding ortho intramolecular Hbond substituents is 1. The van der Waals surface area contributed by atoms with E-state index < -0.39 is 0 Å². The number of methoxy groups -OCH3 is 2. The van der Waals surface area contributed by atoms with Gasteiger partial charge in [0.05, 0.1) is 133 Å². The maximum absolute atomic E-state index is 9.76. The van der Waals surface area contributed by atoms with Crippen LogP contribution in [0.15, 0.2) is 159 Å². The molecule has 17 heterocycles. The molecule has 5 aliphatic heterocycles. The Labute approximate surface area is 696 Å². The van der Waals surface area contributed by atoms with Gasteiger partial charge in [0, 0.05) is 178 Å². The number of nitrogen functional groups attached to an aromatic ring is 1. The lowest BCUT2D eigenvalue weighted by atomic mass is 10.1. The summed E-state index contributed by atoms with van der Waals surface area (Å²) in [4.78, 5) is 66.6. The molecule has 5 aliphatic rings. The predicted octanol–water partition coefficient (Wildman–Crippen LogP) is 9.98. The van der Waals surface area contributed by atoms with E-state index in [1.165, 1.54) is 0 Å². The number of nitrogens with two attached hydrogens (primary N) is 1. The molecule has 0 unspecified atom stereocenters. The van der Waals surface area contributed by atoms with Crippen LogP contribution in [0.2, 0.25) is 0 Å². The number of nitrogens with one attached hydrogen (secondary N) is 1. The first-order valence-corrected chi connectivity index (χ1v) is 40.6. The zero-order valence-corrected chi connectivity index (χ0v) is 68.6. The first-order valence-electron chi connectivity index (χ1n) is 40.6. The minimum absolute atomic E-state index is 0.218. The summed E-state index contributed by atoms with van der Waals surface area (Å²) in [5.74, 6) is 8.06. The lowest BCUT2D eigenvalue weighted by molar-refractivity contribution is 0.122. The second-order valence-corrected chi connectivity index (χ2v) is 29.3. The molecule has 0 atom stereocenters. The van der Waals surface area contributed by atoms with Crippen molar-refractivity contribution in [2.24, 2.45) is 0 Å². The maximum atomic E-state index is 9.76. The topological polar surface area (TPSA) is 358 Å². The Kier molecular flexibility index (Phi) is 24.0. The molecule has 0 aliphatic carbocycles. The van der Waals surface area contributed by atoms with Crippen molar-refractivity contribution in [2.45, 2.75) is 47.5 Å². The number of nitrogens with zero attached hydrogens (tertiary/aromatic N) is 25. The highest BCUT2D eigenvalue weighted by atomic mass is 16.5. The summed E-state index contributed by atoms with van der Waals surface area (Å²) in [5.41, 5.74) is 23.0. The fourth-order valence-corrected chi connectivity index (χ4v) is 14.9. The summed E-state index contributed by atoms with van der Waals surface area (Å²) in [7, 11) is 3.34. The molecule has 0 bridgehead atoms. The van der Waals surface area contributed by atoms with Gasteiger partial charge in [0.25, 0.3) is 0 Å². The molecule has 622 valence electrons. The third-order valence-electron chi connectivity index (χ3n) is 21.5. The summed E-state index contributed by atoms with van der Waals surface area (Å²) >= 11 is 0. The Morgan fingerprint density at radius 3 is 1.14 bits per heavy atom. The number of aromatic nitrogens is 21. The van der Waals surface area contributed by atoms with Gasteiger partial charge in [0.15, 0.2) is 69.0 Å². The van der Waals surface area contributed by atoms with Crippen molar-refractivity contribution in [3.8, 4) is 73.5 Å². The van der Waals surface area contributed by atoms with Crippen LogP contribution in [0.1, 0.15) is 42.6 Å². The molecule has 35 heteroatoms. The highest BCUT2D eigenvalue weighted by Gasteiger charge is 2.27. The number of morpholine rings is 5. The zero-order chi connectivity index (χ0) is 82.9. The fraction of sp³-hybridized carbons (Fsp3) is 0.337. The number of H-pyrrole nitrogens is 1. The smallest absolute Gasteiger partial charge is 0.219 e. The Morgan fingerprint density at radius 2 is 0.744 bits per heavy atom. The van der Waals surface area contributed by atoms with Gasteiger partial charge in [-0.3, -0.25) is 18.3 Å². The van der Waals surface area contributed by atoms with Gasteiger partial charge in [0.2, 0.25) is 5.95 Å². The SMILES string of the molecule is CCc1nc2c(N3CCOCC3)nc(-c3cccc(O)c3)cn2n1.CCc1nc2c(N3CCOCC3)nc(-c3cccc(OC)c3)cn2n1.COc1cccc(-c2cn3c(C)cnc3c(N3CCOCC3)n2)c1.Cc1cnc2c(N3CCOCC3)nc(-c3cccc4[nH]ncc34)cn12.Cc1cnc2c(N3CCOCC3)nc(-c3cnc(N)nc3)cn12. The van der Waals surface area contributed by atoms with Gasteiger partial charge in [0.1, 0.15) is 17.2 Å². The van der Waals surface area contributed by atoms with E-state index in [-0.39, 0.29) is 11.7 Å². The monoisotopic (exact) mass is 1630 g/mol. The second-order valence-electron chi connectivity index (χ2n) is 29.3. The number of imidazole rings is 3. The first-order chi connectivity index (χ1) is 59.3. The summed E-state index contributed by atoms with van der Waals surface area (Å²) in [5, 5.41) is 27.2. The Balaban J connectivity index is 0.000000108. The molecule has 12 aromatic heterocycles. The third kappa shape index (κ3) is 17.5. The highest BCUT2D eigenvalue weighted by Crippen LogP contribution is 2.35. The van der Waals surface area contributed by atoms with Gasteiger partial charge in [-0.05, 0) is 63.2 Å². The third-order valence-corrected chi connectivity index (χ3v) is 21.5. The van der Waals surface area contributed by atoms with Crippen LogP contribution in [0.5, 0.6) is 17.2 Å². The lowest BCUT2D eigenvalue weighted by Gasteiger charge is -2.28. The largest absolute Gasteiger partial charge is 0.508 e. The number of hydrogen-bond donors (Lipinski definition) is 3. The Bertz CT molecular complexity index is 6270. The van der Waals surface area contributed by atoms with Crippen LogP contribution in [0.4, 0.5) is 35.0 Å². The zero-order valence-electron chi connectivity index (χ0n) is 68.6. The molecule has 4 aromatic carbocycles. The van der Waals surface area contributed by atoms with Crippen molar-refractivity contribution < 1.29 is 38.3 Å². The van der Waals surface area contributed by atoms with E-state index in [2.05, 4.69) is 122 Å². The quantitative estimate of drug-likeness (QED) is 0.0911. The van der Waals surface area contributed by atoms with Crippen LogP contribution in [0.3, 0.4) is 0 Å². The van der Waals surface area contributed by atoms with E-state index in [4.69, 9.17) is 63.8 Å². The summed E-state index contributed by atoms with van der Waals surface area (Å²) in [6.45, 7) is 25.3. The first kappa shape index (κ1) is 79.8. The van der Waals surface area contributed by atoms with E-state index in [9.17, 15) is 5.11 Å². The summed E-state index contributed by atoms with van der Waals surface area (Å²) in [6, 6.07) is 29.1. The number of fused-ring (bicyclic) bond motifs is 6. The lowest BCUT2D eigenvalue weighted by Crippen LogP contribution is -2.37. The van der Waals surface area contributed by atoms with Gasteiger partial charge < -0.3 is 68.5 Å². The van der Waals surface area contributed by atoms with Gasteiger partial charge in [-0.1, -0.05) is 62.4 Å². The van der Waals surface area contributed by atoms with Gasteiger partial charge in [-0.25, -0.2) is 68.8 Å². The van der Waals surface area contributed by atoms with Crippen molar-refractivity contribution in [3.05, 3.63) is 188 Å². The molecule has 4 N–H and O–H groups in total. The number of ether oxygens (including phenoxy) is 7. The van der Waals surface area contributed by atoms with Crippen LogP contribution >= 0.6 is 0 Å². The average molecular weight is 1630 g/mol. The standard InChI is InChI=1S/C18H18N6O.C18H21N5O2.C18H20N4O2.C17H19N5O2.C15H17N7O/c1-12-9-19-17-18(23-5-7-25-8-6-23)21-16(11-24(12)17)13-3-2-4-15-14(13)10-20-22-15;1-3-16-20-18-17(22-7-9-25-10-8-22)19-15(12-23(18)21-16)13-5-4-6-14(11-13)24-2;1-13-11-19-17-18(21-6-8-24-9-7-21)20-16(12-22(13)17)14-4-3-5-15(10-14)23-2;1-2-15-19-17-16(21-6-8-24-9-7-21)18-14(11-22(17)20-15)12-4-3-5-13(23)10-12;1-10-6-17-13-14(21-2-4-23-5-3-21)20-12(9-22(10)13)11-7-18-15(16)19-8-11/h2-4,9-11H,5-8H2,1H3,(H,20,22);4-6,11-12H,3,7-10H2,1-2H3;3-5,10-12H,6-9H2,1-2H3;3-5,10-11,23H,2,6-9H2,1H3;6-9H,2-5H2,1H3,(H2,16,18,19). The molecule has 0 spiro atoms. The summed E-state index contributed by atoms with van der Waals surface area (Å²) in [6.07, 6.45) is 22.3. The molecular weight excluding hydrogens is 1540 g/mol. The number of aromatic amines is 1. The molecule has 121 heavy (non-hydrogen) atoms. The van der Waals surface area contributed by atoms with E-state index >= 15 is 0 Å². The van der Waals surface area contributed by atoms with Crippen molar-refractivity contribution in [1.29, 1.82) is 0 Å². The van der Waals surface area contributed by atoms with Crippen molar-refractivity contribution in [1.82, 2.24) is 102 Å². The van der Waals surface area contributed by atoms with Crippen molar-refractivity contribution >= 4 is 74.2 Å². The number of phenols is 1. The molecule has 5 saturated heterocycles. The van der Waals surface area contributed by atoms with Crippen LogP contribution in [-0.2, 0) is 36.5 Å². The maximum Gasteiger partial charge on any atom is 0.219 e. The van der Waals surface area contributed by atoms with Gasteiger partial charge in [-0.2, -0.15) is 15.3 Å². The average Bonchev–Trinajstić information content (AvgIpc) is 1.68. The van der Waals surface area contributed by atoms with E-state index in [0.717, 1.165) is 269 Å². The normalized spacial score (nSPS) is 15.1. The minimum Gasteiger partial charge on any atom is -0.508 e. The number of aromatic hydroxyl groups is 1.